The normalized spacial score (nSPS) is 16.9. The molecule has 0 unspecified atom stereocenters. The van der Waals surface area contributed by atoms with Gasteiger partial charge >= 0.3 is 5.97 Å². The summed E-state index contributed by atoms with van der Waals surface area (Å²) in [6, 6.07) is 0. The summed E-state index contributed by atoms with van der Waals surface area (Å²) in [5.74, 6) is -3.88. The Balaban J connectivity index is 1.51. The topological polar surface area (TPSA) is 323 Å². The first-order chi connectivity index (χ1) is 36.8. The van der Waals surface area contributed by atoms with E-state index in [0.717, 1.165) is 4.90 Å². The number of carbonyl (C=O) groups excluding carboxylic acids is 10. The van der Waals surface area contributed by atoms with E-state index in [0.29, 0.717) is 145 Å². The number of nitrogens with one attached hydrogen (secondary N) is 5. The predicted octanol–water partition coefficient (Wildman–Crippen LogP) is 3.22. The Hall–Kier alpha value is -5.82. The van der Waals surface area contributed by atoms with E-state index < -0.39 is 57.9 Å². The van der Waals surface area contributed by atoms with Crippen LogP contribution in [0.4, 0.5) is 0 Å². The largest absolute Gasteiger partial charge is 0.457 e. The summed E-state index contributed by atoms with van der Waals surface area (Å²) in [6.45, 7) is 14.1. The third kappa shape index (κ3) is 29.8. The standard InChI is InChI=1S/C54H91N9O15/c1-41(64)61(74)32-15-8-13-30-56-43(65)20-22-49(71)63(76)34-17-9-14-31-57-44(66)19-21-48(70)62(75)33-16-7-12-29-55-36-50(72)78-42-18-10-11-27-54(6,28-25-42)51(73)59-38-53(4,5)40-77-39-52(2,3)37-58-45(67)26-35-60-46(68)23-24-47(60)69/h10,18,23-24,42,55,74-76H,7-9,11-17,19-22,25-40H2,1-6H3,(H,56,65)(H,57,66)(H,58,67)(H,59,73)/b18-10-/t42-,54+/m1/s1. The van der Waals surface area contributed by atoms with Gasteiger partial charge in [-0.2, -0.15) is 0 Å². The molecule has 0 fully saturated rings. The molecule has 1 aliphatic carbocycles. The third-order valence-electron chi connectivity index (χ3n) is 13.3. The summed E-state index contributed by atoms with van der Waals surface area (Å²) < 4.78 is 11.8. The monoisotopic (exact) mass is 1110 g/mol. The maximum Gasteiger partial charge on any atom is 0.320 e. The van der Waals surface area contributed by atoms with Gasteiger partial charge in [-0.3, -0.25) is 68.5 Å². The lowest BCUT2D eigenvalue weighted by atomic mass is 9.77. The number of allylic oxidation sites excluding steroid dienone is 1. The molecular weight excluding hydrogens is 1010 g/mol. The molecule has 1 heterocycles. The molecule has 0 radical (unpaired) electrons. The van der Waals surface area contributed by atoms with E-state index in [1.54, 1.807) is 0 Å². The second-order valence-electron chi connectivity index (χ2n) is 22.0. The molecule has 2 rings (SSSR count). The Morgan fingerprint density at radius 1 is 0.641 bits per heavy atom. The van der Waals surface area contributed by atoms with Gasteiger partial charge in [0.1, 0.15) is 6.10 Å². The lowest BCUT2D eigenvalue weighted by Gasteiger charge is -2.33. The number of unbranched alkanes of at least 4 members (excludes halogenated alkanes) is 6. The third-order valence-corrected chi connectivity index (χ3v) is 13.3. The number of rotatable bonds is 39. The van der Waals surface area contributed by atoms with Crippen LogP contribution < -0.4 is 26.6 Å². The van der Waals surface area contributed by atoms with Crippen molar-refractivity contribution in [3.05, 3.63) is 24.3 Å². The molecule has 24 nitrogen and oxygen atoms in total. The average molecular weight is 1110 g/mol. The van der Waals surface area contributed by atoms with Gasteiger partial charge in [0.05, 0.1) is 19.8 Å². The number of ether oxygens (including phenoxy) is 2. The zero-order valence-corrected chi connectivity index (χ0v) is 47.1. The first kappa shape index (κ1) is 68.3. The van der Waals surface area contributed by atoms with Gasteiger partial charge in [-0.15, -0.1) is 0 Å². The van der Waals surface area contributed by atoms with Crippen LogP contribution in [0.5, 0.6) is 0 Å². The Morgan fingerprint density at radius 2 is 1.13 bits per heavy atom. The van der Waals surface area contributed by atoms with Crippen LogP contribution in [0.1, 0.15) is 157 Å². The highest BCUT2D eigenvalue weighted by molar-refractivity contribution is 6.13. The van der Waals surface area contributed by atoms with Gasteiger partial charge in [0.25, 0.3) is 11.8 Å². The van der Waals surface area contributed by atoms with Crippen LogP contribution in [0.25, 0.3) is 0 Å². The fourth-order valence-electron chi connectivity index (χ4n) is 8.14. The molecule has 24 heteroatoms. The van der Waals surface area contributed by atoms with Crippen molar-refractivity contribution in [2.45, 2.75) is 163 Å². The van der Waals surface area contributed by atoms with E-state index in [9.17, 15) is 63.6 Å². The fraction of sp³-hybridized carbons (Fsp3) is 0.741. The minimum Gasteiger partial charge on any atom is -0.457 e. The van der Waals surface area contributed by atoms with Gasteiger partial charge in [0.15, 0.2) is 0 Å². The zero-order chi connectivity index (χ0) is 58.2. The van der Waals surface area contributed by atoms with Crippen molar-refractivity contribution in [2.75, 3.05) is 78.7 Å². The van der Waals surface area contributed by atoms with Crippen LogP contribution in [-0.4, -0.2) is 180 Å². The van der Waals surface area contributed by atoms with Crippen LogP contribution in [0, 0.1) is 16.2 Å². The molecule has 78 heavy (non-hydrogen) atoms. The number of esters is 1. The first-order valence-corrected chi connectivity index (χ1v) is 27.5. The molecule has 0 aromatic rings. The summed E-state index contributed by atoms with van der Waals surface area (Å²) in [5.41, 5.74) is -1.48. The van der Waals surface area contributed by atoms with Crippen LogP contribution in [0.3, 0.4) is 0 Å². The molecule has 0 spiro atoms. The van der Waals surface area contributed by atoms with E-state index in [-0.39, 0.29) is 88.5 Å². The van der Waals surface area contributed by atoms with Gasteiger partial charge in [-0.05, 0) is 89.7 Å². The molecule has 9 amide bonds. The van der Waals surface area contributed by atoms with Crippen molar-refractivity contribution in [1.29, 1.82) is 0 Å². The fourth-order valence-corrected chi connectivity index (χ4v) is 8.14. The minimum absolute atomic E-state index is 0.00570. The minimum atomic E-state index is -0.680. The summed E-state index contributed by atoms with van der Waals surface area (Å²) >= 11 is 0. The number of hydroxylamine groups is 6. The lowest BCUT2D eigenvalue weighted by molar-refractivity contribution is -0.166. The smallest absolute Gasteiger partial charge is 0.320 e. The maximum absolute atomic E-state index is 13.6. The van der Waals surface area contributed by atoms with Crippen LogP contribution in [0.15, 0.2) is 24.3 Å². The molecule has 0 saturated heterocycles. The first-order valence-electron chi connectivity index (χ1n) is 27.5. The zero-order valence-electron chi connectivity index (χ0n) is 47.1. The molecule has 8 N–H and O–H groups in total. The van der Waals surface area contributed by atoms with Crippen molar-refractivity contribution in [3.63, 3.8) is 0 Å². The van der Waals surface area contributed by atoms with Crippen LogP contribution >= 0.6 is 0 Å². The molecule has 2 aliphatic rings. The van der Waals surface area contributed by atoms with E-state index in [1.807, 2.05) is 46.8 Å². The molecular formula is C54H91N9O15. The van der Waals surface area contributed by atoms with Crippen molar-refractivity contribution >= 4 is 59.1 Å². The number of hydrogen-bond donors (Lipinski definition) is 8. The van der Waals surface area contributed by atoms with Gasteiger partial charge in [0.2, 0.25) is 41.4 Å². The molecule has 1 aliphatic heterocycles. The van der Waals surface area contributed by atoms with Crippen LogP contribution in [-0.2, 0) is 57.4 Å². The number of imide groups is 1. The molecule has 2 atom stereocenters. The highest BCUT2D eigenvalue weighted by atomic mass is 16.5. The highest BCUT2D eigenvalue weighted by Gasteiger charge is 2.35. The second-order valence-corrected chi connectivity index (χ2v) is 22.0. The van der Waals surface area contributed by atoms with E-state index in [4.69, 9.17) is 9.47 Å². The summed E-state index contributed by atoms with van der Waals surface area (Å²) in [7, 11) is 0. The Labute approximate surface area is 460 Å². The predicted molar refractivity (Wildman–Crippen MR) is 286 cm³/mol. The van der Waals surface area contributed by atoms with E-state index in [2.05, 4.69) is 26.6 Å². The SMILES string of the molecule is CC(=O)N(O)CCCCCNC(=O)CCC(=O)N(O)CCCCCNC(=O)CCC(=O)N(O)CCCCCNCC(=O)O[C@@H]1/C=C\CC[C@](C)(C(=O)NCC(C)(C)COCC(C)(C)CNC(=O)CCN2C(=O)C=CC2=O)CC1. The number of nitrogens with zero attached hydrogens (tertiary/aromatic N) is 4. The van der Waals surface area contributed by atoms with Crippen molar-refractivity contribution in [1.82, 2.24) is 46.7 Å². The quantitative estimate of drug-likeness (QED) is 0.0109. The lowest BCUT2D eigenvalue weighted by Crippen LogP contribution is -2.45. The Morgan fingerprint density at radius 3 is 1.65 bits per heavy atom. The molecule has 0 aromatic heterocycles. The Kier molecular flexibility index (Phi) is 31.8. The summed E-state index contributed by atoms with van der Waals surface area (Å²) in [4.78, 5) is 123. The van der Waals surface area contributed by atoms with Crippen LogP contribution in [0.2, 0.25) is 0 Å². The number of amides is 9. The van der Waals surface area contributed by atoms with Gasteiger partial charge < -0.3 is 36.1 Å². The maximum atomic E-state index is 13.6. The summed E-state index contributed by atoms with van der Waals surface area (Å²) in [5, 5.41) is 45.8. The molecule has 0 bridgehead atoms. The second kappa shape index (κ2) is 36.4. The number of carbonyl (C=O) groups is 10. The molecule has 0 aromatic carbocycles. The highest BCUT2D eigenvalue weighted by Crippen LogP contribution is 2.33. The Bertz CT molecular complexity index is 2010. The summed E-state index contributed by atoms with van der Waals surface area (Å²) in [6.07, 6.45) is 12.9. The van der Waals surface area contributed by atoms with Crippen molar-refractivity contribution < 1.29 is 73.0 Å². The van der Waals surface area contributed by atoms with Gasteiger partial charge in [-0.1, -0.05) is 47.1 Å². The number of hydrogen-bond acceptors (Lipinski definition) is 16. The van der Waals surface area contributed by atoms with Gasteiger partial charge in [-0.25, -0.2) is 15.2 Å². The van der Waals surface area contributed by atoms with Crippen molar-refractivity contribution in [3.8, 4) is 0 Å². The molecule has 0 saturated carbocycles. The van der Waals surface area contributed by atoms with Crippen molar-refractivity contribution in [2.24, 2.45) is 16.2 Å². The average Bonchev–Trinajstić information content (AvgIpc) is 3.71. The van der Waals surface area contributed by atoms with E-state index >= 15 is 0 Å². The van der Waals surface area contributed by atoms with Gasteiger partial charge in [0, 0.05) is 120 Å². The molecule has 442 valence electrons. The van der Waals surface area contributed by atoms with E-state index in [1.165, 1.54) is 19.1 Å².